The zero-order valence-electron chi connectivity index (χ0n) is 16.5. The van der Waals surface area contributed by atoms with Crippen molar-refractivity contribution in [2.24, 2.45) is 10.9 Å². The summed E-state index contributed by atoms with van der Waals surface area (Å²) in [5, 5.41) is 4.74. The van der Waals surface area contributed by atoms with E-state index in [0.717, 1.165) is 49.6 Å². The predicted octanol–water partition coefficient (Wildman–Crippen LogP) is 3.98. The topological polar surface area (TPSA) is 30.9 Å². The molecule has 1 fully saturated rings. The van der Waals surface area contributed by atoms with Gasteiger partial charge < -0.3 is 15.1 Å². The normalized spacial score (nSPS) is 19.2. The molecule has 1 aliphatic rings. The highest BCUT2D eigenvalue weighted by Gasteiger charge is 2.26. The lowest BCUT2D eigenvalue weighted by Gasteiger charge is -2.25. The number of guanidine groups is 1. The van der Waals surface area contributed by atoms with Crippen molar-refractivity contribution in [1.82, 2.24) is 15.1 Å². The summed E-state index contributed by atoms with van der Waals surface area (Å²) < 4.78 is 0. The molecule has 0 spiro atoms. The van der Waals surface area contributed by atoms with Gasteiger partial charge in [-0.15, -0.1) is 0 Å². The Bertz CT molecular complexity index is 577. The zero-order valence-corrected chi connectivity index (χ0v) is 18.1. The molecule has 26 heavy (non-hydrogen) atoms. The lowest BCUT2D eigenvalue weighted by Crippen LogP contribution is -2.42. The maximum absolute atomic E-state index is 6.16. The Morgan fingerprint density at radius 2 is 2.19 bits per heavy atom. The van der Waals surface area contributed by atoms with Crippen molar-refractivity contribution in [2.75, 3.05) is 52.6 Å². The number of halogens is 1. The van der Waals surface area contributed by atoms with Gasteiger partial charge in [-0.3, -0.25) is 4.99 Å². The number of hydrogen-bond donors (Lipinski definition) is 1. The van der Waals surface area contributed by atoms with Crippen molar-refractivity contribution in [2.45, 2.75) is 25.5 Å². The maximum atomic E-state index is 6.16. The number of aliphatic imine (C=N–C) groups is 1. The van der Waals surface area contributed by atoms with Crippen LogP contribution in [0.3, 0.4) is 0 Å². The van der Waals surface area contributed by atoms with Crippen molar-refractivity contribution in [3.8, 4) is 0 Å². The van der Waals surface area contributed by atoms with Crippen LogP contribution in [0.2, 0.25) is 5.02 Å². The Hall–Kier alpha value is -0.910. The van der Waals surface area contributed by atoms with E-state index >= 15 is 0 Å². The van der Waals surface area contributed by atoms with Gasteiger partial charge in [-0.1, -0.05) is 37.6 Å². The molecule has 2 atom stereocenters. The summed E-state index contributed by atoms with van der Waals surface area (Å²) in [5.41, 5.74) is 1.26. The van der Waals surface area contributed by atoms with Crippen molar-refractivity contribution in [3.63, 3.8) is 0 Å². The Balaban J connectivity index is 1.89. The molecule has 6 heteroatoms. The minimum absolute atomic E-state index is 0.361. The standard InChI is InChI=1S/C20H33ClN4S/c1-5-24(6-2)14-16-10-11-25(15-16)20(22-3)23-13-19(26-4)17-8-7-9-18(21)12-17/h7-9,12,16,19H,5-6,10-11,13-15H2,1-4H3,(H,22,23). The molecular weight excluding hydrogens is 364 g/mol. The van der Waals surface area contributed by atoms with Gasteiger partial charge in [0.15, 0.2) is 5.96 Å². The molecule has 0 radical (unpaired) electrons. The highest BCUT2D eigenvalue weighted by molar-refractivity contribution is 7.98. The molecule has 0 aromatic heterocycles. The van der Waals surface area contributed by atoms with Crippen LogP contribution in [0.15, 0.2) is 29.3 Å². The van der Waals surface area contributed by atoms with Crippen LogP contribution < -0.4 is 5.32 Å². The minimum atomic E-state index is 0.361. The largest absolute Gasteiger partial charge is 0.355 e. The molecule has 0 aliphatic carbocycles. The monoisotopic (exact) mass is 396 g/mol. The van der Waals surface area contributed by atoms with E-state index in [-0.39, 0.29) is 0 Å². The van der Waals surface area contributed by atoms with Crippen LogP contribution in [0.5, 0.6) is 0 Å². The number of likely N-dealkylation sites (tertiary alicyclic amines) is 1. The van der Waals surface area contributed by atoms with Gasteiger partial charge in [0.1, 0.15) is 0 Å². The van der Waals surface area contributed by atoms with Gasteiger partial charge in [0, 0.05) is 43.5 Å². The second kappa shape index (κ2) is 11.1. The number of rotatable bonds is 8. The van der Waals surface area contributed by atoms with Crippen molar-refractivity contribution < 1.29 is 0 Å². The molecule has 4 nitrogen and oxygen atoms in total. The molecular formula is C20H33ClN4S. The third kappa shape index (κ3) is 6.07. The van der Waals surface area contributed by atoms with Crippen LogP contribution in [-0.4, -0.2) is 68.3 Å². The van der Waals surface area contributed by atoms with E-state index in [2.05, 4.69) is 52.3 Å². The first kappa shape index (κ1) is 21.4. The SMILES string of the molecule is CCN(CC)CC1CCN(C(=NC)NCC(SC)c2cccc(Cl)c2)C1. The number of hydrogen-bond acceptors (Lipinski definition) is 3. The third-order valence-electron chi connectivity index (χ3n) is 5.16. The van der Waals surface area contributed by atoms with E-state index in [1.54, 1.807) is 0 Å². The van der Waals surface area contributed by atoms with Crippen LogP contribution in [0.25, 0.3) is 0 Å². The van der Waals surface area contributed by atoms with Crippen LogP contribution in [0.4, 0.5) is 0 Å². The Labute approximate surface area is 168 Å². The van der Waals surface area contributed by atoms with E-state index in [0.29, 0.717) is 5.25 Å². The lowest BCUT2D eigenvalue weighted by atomic mass is 10.1. The van der Waals surface area contributed by atoms with Gasteiger partial charge in [0.05, 0.1) is 0 Å². The van der Waals surface area contributed by atoms with Gasteiger partial charge in [-0.05, 0) is 49.4 Å². The lowest BCUT2D eigenvalue weighted by molar-refractivity contribution is 0.255. The predicted molar refractivity (Wildman–Crippen MR) is 117 cm³/mol. The molecule has 1 aliphatic heterocycles. The fourth-order valence-electron chi connectivity index (χ4n) is 3.58. The van der Waals surface area contributed by atoms with Crippen molar-refractivity contribution in [1.29, 1.82) is 0 Å². The first-order chi connectivity index (χ1) is 12.6. The summed E-state index contributed by atoms with van der Waals surface area (Å²) in [4.78, 5) is 9.45. The molecule has 0 bridgehead atoms. The maximum Gasteiger partial charge on any atom is 0.193 e. The van der Waals surface area contributed by atoms with E-state index in [1.807, 2.05) is 30.9 Å². The van der Waals surface area contributed by atoms with Crippen LogP contribution >= 0.6 is 23.4 Å². The molecule has 2 rings (SSSR count). The molecule has 0 amide bonds. The highest BCUT2D eigenvalue weighted by Crippen LogP contribution is 2.28. The summed E-state index contributed by atoms with van der Waals surface area (Å²) in [6, 6.07) is 8.15. The molecule has 1 N–H and O–H groups in total. The highest BCUT2D eigenvalue weighted by atomic mass is 35.5. The number of thioether (sulfide) groups is 1. The van der Waals surface area contributed by atoms with E-state index in [4.69, 9.17) is 11.6 Å². The average Bonchev–Trinajstić information content (AvgIpc) is 3.11. The fourth-order valence-corrected chi connectivity index (χ4v) is 4.45. The molecule has 1 saturated heterocycles. The summed E-state index contributed by atoms with van der Waals surface area (Å²) in [5.74, 6) is 1.76. The van der Waals surface area contributed by atoms with Crippen molar-refractivity contribution >= 4 is 29.3 Å². The average molecular weight is 397 g/mol. The van der Waals surface area contributed by atoms with Gasteiger partial charge >= 0.3 is 0 Å². The summed E-state index contributed by atoms with van der Waals surface area (Å²) in [7, 11) is 1.88. The summed E-state index contributed by atoms with van der Waals surface area (Å²) in [6.45, 7) is 11.0. The molecule has 2 unspecified atom stereocenters. The summed E-state index contributed by atoms with van der Waals surface area (Å²) in [6.07, 6.45) is 3.39. The third-order valence-corrected chi connectivity index (χ3v) is 6.40. The van der Waals surface area contributed by atoms with Crippen molar-refractivity contribution in [3.05, 3.63) is 34.9 Å². The first-order valence-corrected chi connectivity index (χ1v) is 11.2. The Morgan fingerprint density at radius 3 is 2.81 bits per heavy atom. The molecule has 146 valence electrons. The minimum Gasteiger partial charge on any atom is -0.355 e. The van der Waals surface area contributed by atoms with Crippen LogP contribution in [0.1, 0.15) is 31.1 Å². The van der Waals surface area contributed by atoms with Gasteiger partial charge in [-0.2, -0.15) is 11.8 Å². The van der Waals surface area contributed by atoms with Crippen LogP contribution in [0, 0.1) is 5.92 Å². The van der Waals surface area contributed by atoms with E-state index < -0.39 is 0 Å². The number of benzene rings is 1. The van der Waals surface area contributed by atoms with E-state index in [9.17, 15) is 0 Å². The number of nitrogens with zero attached hydrogens (tertiary/aromatic N) is 3. The van der Waals surface area contributed by atoms with E-state index in [1.165, 1.54) is 18.5 Å². The second-order valence-electron chi connectivity index (χ2n) is 6.79. The fraction of sp³-hybridized carbons (Fsp3) is 0.650. The Morgan fingerprint density at radius 1 is 1.42 bits per heavy atom. The smallest absolute Gasteiger partial charge is 0.193 e. The second-order valence-corrected chi connectivity index (χ2v) is 8.27. The molecule has 1 heterocycles. The summed E-state index contributed by atoms with van der Waals surface area (Å²) >= 11 is 8.00. The quantitative estimate of drug-likeness (QED) is 0.531. The first-order valence-electron chi connectivity index (χ1n) is 9.57. The number of nitrogens with one attached hydrogen (secondary N) is 1. The van der Waals surface area contributed by atoms with Gasteiger partial charge in [-0.25, -0.2) is 0 Å². The van der Waals surface area contributed by atoms with Crippen LogP contribution in [-0.2, 0) is 0 Å². The Kier molecular flexibility index (Phi) is 9.09. The van der Waals surface area contributed by atoms with Gasteiger partial charge in [0.25, 0.3) is 0 Å². The van der Waals surface area contributed by atoms with Gasteiger partial charge in [0.2, 0.25) is 0 Å². The molecule has 0 saturated carbocycles. The molecule has 1 aromatic carbocycles. The molecule has 1 aromatic rings. The zero-order chi connectivity index (χ0) is 18.9.